The third kappa shape index (κ3) is 4.74. The number of nitrogens with one attached hydrogen (secondary N) is 1. The number of amides is 1. The SMILES string of the molecule is CCN(CC)C(C)CNC(=O)c1oc2ccccc2c1CSc1nnc(C)s1. The van der Waals surface area contributed by atoms with E-state index in [1.807, 2.05) is 31.2 Å². The molecule has 0 radical (unpaired) electrons. The first-order chi connectivity index (χ1) is 13.5. The number of aromatic nitrogens is 2. The van der Waals surface area contributed by atoms with Gasteiger partial charge in [-0.2, -0.15) is 0 Å². The number of fused-ring (bicyclic) bond motifs is 1. The Kier molecular flexibility index (Phi) is 7.09. The molecule has 0 bridgehead atoms. The Labute approximate surface area is 173 Å². The molecule has 1 unspecified atom stereocenters. The van der Waals surface area contributed by atoms with Crippen molar-refractivity contribution in [2.75, 3.05) is 19.6 Å². The summed E-state index contributed by atoms with van der Waals surface area (Å²) in [7, 11) is 0. The van der Waals surface area contributed by atoms with E-state index < -0.39 is 0 Å². The van der Waals surface area contributed by atoms with E-state index in [1.165, 1.54) is 0 Å². The first-order valence-electron chi connectivity index (χ1n) is 9.49. The lowest BCUT2D eigenvalue weighted by molar-refractivity contribution is 0.0911. The molecule has 6 nitrogen and oxygen atoms in total. The van der Waals surface area contributed by atoms with Crippen LogP contribution in [0.1, 0.15) is 41.9 Å². The van der Waals surface area contributed by atoms with Gasteiger partial charge >= 0.3 is 0 Å². The molecule has 1 N–H and O–H groups in total. The molecule has 1 aromatic carbocycles. The smallest absolute Gasteiger partial charge is 0.287 e. The van der Waals surface area contributed by atoms with Crippen molar-refractivity contribution >= 4 is 40.0 Å². The molecule has 0 fully saturated rings. The number of hydrogen-bond donors (Lipinski definition) is 1. The molecule has 1 atom stereocenters. The molecular formula is C20H26N4O2S2. The molecule has 2 aromatic heterocycles. The lowest BCUT2D eigenvalue weighted by Crippen LogP contribution is -2.42. The van der Waals surface area contributed by atoms with E-state index in [4.69, 9.17) is 4.42 Å². The minimum Gasteiger partial charge on any atom is -0.451 e. The van der Waals surface area contributed by atoms with Gasteiger partial charge in [-0.25, -0.2) is 0 Å². The monoisotopic (exact) mass is 418 g/mol. The third-order valence-electron chi connectivity index (χ3n) is 4.75. The maximum atomic E-state index is 12.9. The Morgan fingerprint density at radius 3 is 2.71 bits per heavy atom. The zero-order chi connectivity index (χ0) is 20.1. The predicted octanol–water partition coefficient (Wildman–Crippen LogP) is 4.35. The molecule has 1 amide bonds. The topological polar surface area (TPSA) is 71.3 Å². The summed E-state index contributed by atoms with van der Waals surface area (Å²) < 4.78 is 6.82. The van der Waals surface area contributed by atoms with Crippen LogP contribution in [-0.2, 0) is 5.75 Å². The molecule has 3 rings (SSSR count). The lowest BCUT2D eigenvalue weighted by atomic mass is 10.1. The molecule has 0 aliphatic heterocycles. The normalized spacial score (nSPS) is 12.6. The zero-order valence-electron chi connectivity index (χ0n) is 16.7. The molecule has 8 heteroatoms. The molecule has 0 saturated heterocycles. The Hall–Kier alpha value is -1.90. The molecule has 0 saturated carbocycles. The predicted molar refractivity (Wildman–Crippen MR) is 115 cm³/mol. The maximum absolute atomic E-state index is 12.9. The number of hydrogen-bond acceptors (Lipinski definition) is 7. The number of para-hydroxylation sites is 1. The summed E-state index contributed by atoms with van der Waals surface area (Å²) in [5.41, 5.74) is 1.63. The van der Waals surface area contributed by atoms with Crippen LogP contribution in [0.15, 0.2) is 33.0 Å². The Bertz CT molecular complexity index is 933. The number of benzene rings is 1. The number of aryl methyl sites for hydroxylation is 1. The van der Waals surface area contributed by atoms with Crippen LogP contribution in [-0.4, -0.2) is 46.7 Å². The zero-order valence-corrected chi connectivity index (χ0v) is 18.3. The van der Waals surface area contributed by atoms with E-state index in [2.05, 4.69) is 41.2 Å². The highest BCUT2D eigenvalue weighted by atomic mass is 32.2. The van der Waals surface area contributed by atoms with E-state index in [1.54, 1.807) is 23.1 Å². The number of nitrogens with zero attached hydrogens (tertiary/aromatic N) is 3. The molecule has 2 heterocycles. The van der Waals surface area contributed by atoms with Crippen molar-refractivity contribution in [3.05, 3.63) is 40.6 Å². The Morgan fingerprint density at radius 1 is 1.29 bits per heavy atom. The summed E-state index contributed by atoms with van der Waals surface area (Å²) in [5.74, 6) is 0.834. The van der Waals surface area contributed by atoms with E-state index >= 15 is 0 Å². The molecule has 3 aromatic rings. The second-order valence-electron chi connectivity index (χ2n) is 6.56. The van der Waals surface area contributed by atoms with E-state index in [0.29, 0.717) is 18.1 Å². The van der Waals surface area contributed by atoms with Crippen molar-refractivity contribution in [3.63, 3.8) is 0 Å². The summed E-state index contributed by atoms with van der Waals surface area (Å²) in [4.78, 5) is 15.2. The third-order valence-corrected chi connectivity index (χ3v) is 6.74. The van der Waals surface area contributed by atoms with Gasteiger partial charge in [0.25, 0.3) is 5.91 Å². The second-order valence-corrected chi connectivity index (χ2v) is 8.97. The number of thioether (sulfide) groups is 1. The molecular weight excluding hydrogens is 392 g/mol. The minimum atomic E-state index is -0.167. The summed E-state index contributed by atoms with van der Waals surface area (Å²) in [6, 6.07) is 8.04. The average molecular weight is 419 g/mol. The van der Waals surface area contributed by atoms with Crippen molar-refractivity contribution < 1.29 is 9.21 Å². The van der Waals surface area contributed by atoms with Gasteiger partial charge in [-0.15, -0.1) is 10.2 Å². The van der Waals surface area contributed by atoms with Gasteiger partial charge in [-0.05, 0) is 33.0 Å². The van der Waals surface area contributed by atoms with Crippen LogP contribution in [0, 0.1) is 6.92 Å². The van der Waals surface area contributed by atoms with Crippen LogP contribution in [0.3, 0.4) is 0 Å². The van der Waals surface area contributed by atoms with Crippen LogP contribution in [0.5, 0.6) is 0 Å². The molecule has 0 spiro atoms. The van der Waals surface area contributed by atoms with Crippen LogP contribution < -0.4 is 5.32 Å². The van der Waals surface area contributed by atoms with Crippen LogP contribution in [0.2, 0.25) is 0 Å². The van der Waals surface area contributed by atoms with Crippen LogP contribution in [0.4, 0.5) is 0 Å². The summed E-state index contributed by atoms with van der Waals surface area (Å²) in [5, 5.41) is 13.2. The van der Waals surface area contributed by atoms with Gasteiger partial charge in [-0.1, -0.05) is 55.1 Å². The standard InChI is InChI=1S/C20H26N4O2S2/c1-5-24(6-2)13(3)11-21-19(25)18-16(12-27-20-23-22-14(4)28-20)15-9-7-8-10-17(15)26-18/h7-10,13H,5-6,11-12H2,1-4H3,(H,21,25). The first kappa shape index (κ1) is 20.8. The fraction of sp³-hybridized carbons (Fsp3) is 0.450. The fourth-order valence-corrected chi connectivity index (χ4v) is 5.04. The molecule has 150 valence electrons. The van der Waals surface area contributed by atoms with Gasteiger partial charge in [0.1, 0.15) is 10.6 Å². The van der Waals surface area contributed by atoms with Crippen molar-refractivity contribution in [2.45, 2.75) is 43.8 Å². The van der Waals surface area contributed by atoms with Gasteiger partial charge in [0.05, 0.1) is 0 Å². The highest BCUT2D eigenvalue weighted by molar-refractivity contribution is 8.00. The Morgan fingerprint density at radius 2 is 2.04 bits per heavy atom. The number of furan rings is 1. The summed E-state index contributed by atoms with van der Waals surface area (Å²) >= 11 is 3.13. The van der Waals surface area contributed by atoms with Crippen LogP contribution in [0.25, 0.3) is 11.0 Å². The number of carbonyl (C=O) groups is 1. The van der Waals surface area contributed by atoms with Gasteiger partial charge in [-0.3, -0.25) is 9.69 Å². The van der Waals surface area contributed by atoms with Gasteiger partial charge in [0.2, 0.25) is 0 Å². The maximum Gasteiger partial charge on any atom is 0.287 e. The first-order valence-corrected chi connectivity index (χ1v) is 11.3. The molecule has 28 heavy (non-hydrogen) atoms. The van der Waals surface area contributed by atoms with Gasteiger partial charge in [0.15, 0.2) is 10.1 Å². The van der Waals surface area contributed by atoms with Crippen molar-refractivity contribution in [3.8, 4) is 0 Å². The number of carbonyl (C=O) groups excluding carboxylic acids is 1. The van der Waals surface area contributed by atoms with E-state index in [9.17, 15) is 4.79 Å². The lowest BCUT2D eigenvalue weighted by Gasteiger charge is -2.26. The minimum absolute atomic E-state index is 0.167. The molecule has 0 aliphatic rings. The van der Waals surface area contributed by atoms with E-state index in [-0.39, 0.29) is 11.9 Å². The van der Waals surface area contributed by atoms with Gasteiger partial charge < -0.3 is 9.73 Å². The van der Waals surface area contributed by atoms with Crippen molar-refractivity contribution in [2.24, 2.45) is 0 Å². The fourth-order valence-electron chi connectivity index (χ4n) is 3.19. The highest BCUT2D eigenvalue weighted by Gasteiger charge is 2.22. The van der Waals surface area contributed by atoms with Crippen LogP contribution >= 0.6 is 23.1 Å². The van der Waals surface area contributed by atoms with Gasteiger partial charge in [0, 0.05) is 29.3 Å². The Balaban J connectivity index is 1.78. The molecule has 0 aliphatic carbocycles. The van der Waals surface area contributed by atoms with Crippen molar-refractivity contribution in [1.29, 1.82) is 0 Å². The highest BCUT2D eigenvalue weighted by Crippen LogP contribution is 2.33. The summed E-state index contributed by atoms with van der Waals surface area (Å²) in [6.07, 6.45) is 0. The average Bonchev–Trinajstić information content (AvgIpc) is 3.28. The van der Waals surface area contributed by atoms with E-state index in [0.717, 1.165) is 39.0 Å². The quantitative estimate of drug-likeness (QED) is 0.521. The second kappa shape index (κ2) is 9.54. The van der Waals surface area contributed by atoms with Crippen molar-refractivity contribution in [1.82, 2.24) is 20.4 Å². The summed E-state index contributed by atoms with van der Waals surface area (Å²) in [6.45, 7) is 10.8. The largest absolute Gasteiger partial charge is 0.451 e. The number of likely N-dealkylation sites (N-methyl/N-ethyl adjacent to an activating group) is 1. The number of rotatable bonds is 9.